The number of allylic oxidation sites excluding steroid dienone is 1. The van der Waals surface area contributed by atoms with Crippen molar-refractivity contribution in [3.05, 3.63) is 38.8 Å². The molecular formula is C14H13Cl4NO. The Labute approximate surface area is 138 Å². The summed E-state index contributed by atoms with van der Waals surface area (Å²) in [4.78, 5) is 12.3. The van der Waals surface area contributed by atoms with Crippen molar-refractivity contribution in [2.24, 2.45) is 17.3 Å². The summed E-state index contributed by atoms with van der Waals surface area (Å²) in [6.45, 7) is 4.00. The van der Waals surface area contributed by atoms with E-state index in [1.54, 1.807) is 24.3 Å². The highest BCUT2D eigenvalue weighted by Crippen LogP contribution is 2.60. The third-order valence-corrected chi connectivity index (χ3v) is 4.49. The van der Waals surface area contributed by atoms with Gasteiger partial charge in [-0.05, 0) is 35.6 Å². The summed E-state index contributed by atoms with van der Waals surface area (Å²) in [5.41, 5.74) is 0.376. The van der Waals surface area contributed by atoms with E-state index in [2.05, 4.69) is 5.32 Å². The van der Waals surface area contributed by atoms with Crippen molar-refractivity contribution in [2.45, 2.75) is 13.8 Å². The number of rotatable bonds is 3. The van der Waals surface area contributed by atoms with Crippen LogP contribution in [0.3, 0.4) is 0 Å². The number of carbonyl (C=O) groups is 1. The maximum atomic E-state index is 12.3. The molecule has 1 saturated carbocycles. The van der Waals surface area contributed by atoms with Crippen molar-refractivity contribution in [1.29, 1.82) is 0 Å². The van der Waals surface area contributed by atoms with Crippen molar-refractivity contribution in [1.82, 2.24) is 0 Å². The van der Waals surface area contributed by atoms with Crippen molar-refractivity contribution in [3.63, 3.8) is 0 Å². The van der Waals surface area contributed by atoms with Gasteiger partial charge in [-0.15, -0.1) is 0 Å². The molecule has 2 rings (SSSR count). The van der Waals surface area contributed by atoms with Gasteiger partial charge in [0, 0.05) is 5.02 Å². The predicted octanol–water partition coefficient (Wildman–Crippen LogP) is 5.52. The lowest BCUT2D eigenvalue weighted by molar-refractivity contribution is -0.118. The van der Waals surface area contributed by atoms with E-state index in [-0.39, 0.29) is 27.6 Å². The topological polar surface area (TPSA) is 29.1 Å². The lowest BCUT2D eigenvalue weighted by Crippen LogP contribution is -2.17. The third kappa shape index (κ3) is 3.25. The number of benzene rings is 1. The van der Waals surface area contributed by atoms with E-state index in [0.29, 0.717) is 15.7 Å². The minimum Gasteiger partial charge on any atom is -0.324 e. The fourth-order valence-corrected chi connectivity index (χ4v) is 3.15. The van der Waals surface area contributed by atoms with Gasteiger partial charge >= 0.3 is 0 Å². The van der Waals surface area contributed by atoms with Crippen molar-refractivity contribution in [2.75, 3.05) is 5.32 Å². The third-order valence-electron chi connectivity index (χ3n) is 3.69. The summed E-state index contributed by atoms with van der Waals surface area (Å²) in [7, 11) is 0. The first-order valence-corrected chi connectivity index (χ1v) is 7.53. The van der Waals surface area contributed by atoms with Crippen LogP contribution in [0.4, 0.5) is 5.69 Å². The largest absolute Gasteiger partial charge is 0.324 e. The number of hydrogen-bond acceptors (Lipinski definition) is 1. The standard InChI is InChI=1S/C14H13Cl4NO/c1-14(2)8(6-11(17)18)12(14)13(20)19-10-4-3-7(15)5-9(10)16/h3-6,8,12H,1-2H3,(H,19,20)/t8-,12-/m1/s1. The minimum absolute atomic E-state index is 0.0265. The van der Waals surface area contributed by atoms with Gasteiger partial charge in [0.15, 0.2) is 0 Å². The molecule has 0 aromatic heterocycles. The van der Waals surface area contributed by atoms with E-state index < -0.39 is 0 Å². The van der Waals surface area contributed by atoms with Gasteiger partial charge in [-0.25, -0.2) is 0 Å². The Hall–Kier alpha value is -0.410. The molecule has 0 spiro atoms. The van der Waals surface area contributed by atoms with Crippen LogP contribution >= 0.6 is 46.4 Å². The van der Waals surface area contributed by atoms with Crippen LogP contribution in [0.25, 0.3) is 0 Å². The monoisotopic (exact) mass is 351 g/mol. The number of halogens is 4. The lowest BCUT2D eigenvalue weighted by Gasteiger charge is -2.08. The number of amides is 1. The molecule has 6 heteroatoms. The molecule has 1 aliphatic rings. The summed E-state index contributed by atoms with van der Waals surface area (Å²) < 4.78 is 0.183. The molecular weight excluding hydrogens is 340 g/mol. The highest BCUT2D eigenvalue weighted by molar-refractivity contribution is 6.55. The highest BCUT2D eigenvalue weighted by Gasteiger charge is 2.60. The molecule has 20 heavy (non-hydrogen) atoms. The zero-order chi connectivity index (χ0) is 15.1. The second kappa shape index (κ2) is 5.76. The van der Waals surface area contributed by atoms with Crippen LogP contribution in [0.15, 0.2) is 28.8 Å². The van der Waals surface area contributed by atoms with Gasteiger partial charge in [0.05, 0.1) is 16.6 Å². The van der Waals surface area contributed by atoms with Gasteiger partial charge in [0.1, 0.15) is 4.49 Å². The normalized spacial score (nSPS) is 23.1. The van der Waals surface area contributed by atoms with Crippen molar-refractivity contribution in [3.8, 4) is 0 Å². The SMILES string of the molecule is CC1(C)[C@H](C=C(Cl)Cl)[C@@H]1C(=O)Nc1ccc(Cl)cc1Cl. The van der Waals surface area contributed by atoms with Gasteiger partial charge < -0.3 is 5.32 Å². The second-order valence-corrected chi connectivity index (χ2v) is 7.25. The first-order valence-electron chi connectivity index (χ1n) is 6.02. The molecule has 0 saturated heterocycles. The average Bonchev–Trinajstić information content (AvgIpc) is 2.83. The molecule has 0 bridgehead atoms. The van der Waals surface area contributed by atoms with Crippen LogP contribution in [-0.4, -0.2) is 5.91 Å². The quantitative estimate of drug-likeness (QED) is 0.761. The maximum Gasteiger partial charge on any atom is 0.228 e. The highest BCUT2D eigenvalue weighted by atomic mass is 35.5. The van der Waals surface area contributed by atoms with Gasteiger partial charge in [0.2, 0.25) is 5.91 Å². The molecule has 1 fully saturated rings. The molecule has 1 aromatic carbocycles. The molecule has 0 aliphatic heterocycles. The van der Waals surface area contributed by atoms with E-state index in [9.17, 15) is 4.79 Å². The Morgan fingerprint density at radius 3 is 2.50 bits per heavy atom. The zero-order valence-electron chi connectivity index (χ0n) is 10.9. The molecule has 108 valence electrons. The molecule has 1 N–H and O–H groups in total. The van der Waals surface area contributed by atoms with E-state index in [1.165, 1.54) is 0 Å². The summed E-state index contributed by atoms with van der Waals surface area (Å²) in [5.74, 6) is -0.254. The average molecular weight is 353 g/mol. The fourth-order valence-electron chi connectivity index (χ4n) is 2.43. The fraction of sp³-hybridized carbons (Fsp3) is 0.357. The Kier molecular flexibility index (Phi) is 4.60. The Balaban J connectivity index is 2.12. The molecule has 0 heterocycles. The molecule has 0 unspecified atom stereocenters. The number of nitrogens with one attached hydrogen (secondary N) is 1. The van der Waals surface area contributed by atoms with Gasteiger partial charge in [-0.2, -0.15) is 0 Å². The Bertz CT molecular complexity index is 579. The first kappa shape index (κ1) is 16.0. The Morgan fingerprint density at radius 1 is 1.30 bits per heavy atom. The minimum atomic E-state index is -0.179. The van der Waals surface area contributed by atoms with E-state index in [1.807, 2.05) is 13.8 Å². The summed E-state index contributed by atoms with van der Waals surface area (Å²) >= 11 is 23.2. The maximum absolute atomic E-state index is 12.3. The Morgan fingerprint density at radius 2 is 1.95 bits per heavy atom. The number of hydrogen-bond donors (Lipinski definition) is 1. The number of carbonyl (C=O) groups excluding carboxylic acids is 1. The molecule has 2 nitrogen and oxygen atoms in total. The van der Waals surface area contributed by atoms with Gasteiger partial charge in [-0.3, -0.25) is 4.79 Å². The molecule has 1 amide bonds. The van der Waals surface area contributed by atoms with Crippen LogP contribution in [-0.2, 0) is 4.79 Å². The molecule has 1 aliphatic carbocycles. The number of anilines is 1. The van der Waals surface area contributed by atoms with Crippen molar-refractivity contribution >= 4 is 58.0 Å². The van der Waals surface area contributed by atoms with Crippen LogP contribution in [0.2, 0.25) is 10.0 Å². The molecule has 1 aromatic rings. The van der Waals surface area contributed by atoms with Crippen LogP contribution in [0.1, 0.15) is 13.8 Å². The summed E-state index contributed by atoms with van der Waals surface area (Å²) in [5, 5.41) is 3.74. The van der Waals surface area contributed by atoms with E-state index >= 15 is 0 Å². The van der Waals surface area contributed by atoms with Gasteiger partial charge in [-0.1, -0.05) is 60.3 Å². The van der Waals surface area contributed by atoms with Gasteiger partial charge in [0.25, 0.3) is 0 Å². The van der Waals surface area contributed by atoms with Crippen LogP contribution in [0, 0.1) is 17.3 Å². The van der Waals surface area contributed by atoms with Crippen LogP contribution < -0.4 is 5.32 Å². The molecule has 0 radical (unpaired) electrons. The van der Waals surface area contributed by atoms with Crippen LogP contribution in [0.5, 0.6) is 0 Å². The summed E-state index contributed by atoms with van der Waals surface area (Å²) in [6, 6.07) is 4.94. The zero-order valence-corrected chi connectivity index (χ0v) is 13.9. The first-order chi connectivity index (χ1) is 9.23. The smallest absolute Gasteiger partial charge is 0.228 e. The molecule has 2 atom stereocenters. The van der Waals surface area contributed by atoms with Crippen molar-refractivity contribution < 1.29 is 4.79 Å². The summed E-state index contributed by atoms with van der Waals surface area (Å²) in [6.07, 6.45) is 1.71. The lowest BCUT2D eigenvalue weighted by atomic mass is 10.1. The second-order valence-electron chi connectivity index (χ2n) is 5.39. The van der Waals surface area contributed by atoms with E-state index in [0.717, 1.165) is 0 Å². The van der Waals surface area contributed by atoms with E-state index in [4.69, 9.17) is 46.4 Å². The predicted molar refractivity (Wildman–Crippen MR) is 85.6 cm³/mol.